The Hall–Kier alpha value is -0.530. The number of ether oxygens (including phenoxy) is 1. The molecule has 0 rings (SSSR count). The van der Waals surface area contributed by atoms with E-state index in [4.69, 9.17) is 0 Å². The fraction of sp³-hybridized carbons (Fsp3) is 0.989. The highest BCUT2D eigenvalue weighted by Crippen LogP contribution is 2.03. The van der Waals surface area contributed by atoms with Crippen LogP contribution in [0.2, 0.25) is 0 Å². The van der Waals surface area contributed by atoms with Crippen LogP contribution in [0.3, 0.4) is 0 Å². The molecule has 0 radical (unpaired) electrons. The molecule has 0 saturated heterocycles. The third-order valence-corrected chi connectivity index (χ3v) is 14.7. The van der Waals surface area contributed by atoms with E-state index in [-0.39, 0.29) is 5.97 Å². The largest absolute Gasteiger partial charge is 0.466 e. The van der Waals surface area contributed by atoms with Crippen LogP contribution in [0.1, 0.15) is 607 Å². The molecule has 0 heterocycles. The van der Waals surface area contributed by atoms with Crippen molar-refractivity contribution in [3.63, 3.8) is 0 Å². The van der Waals surface area contributed by atoms with Crippen LogP contribution in [0.15, 0.2) is 0 Å². The lowest BCUT2D eigenvalue weighted by molar-refractivity contribution is -0.140. The van der Waals surface area contributed by atoms with E-state index in [9.17, 15) is 4.79 Å². The molecular weight excluding hydrogens is 1160 g/mol. The zero-order valence-corrected chi connectivity index (χ0v) is 76.5. The summed E-state index contributed by atoms with van der Waals surface area (Å²) in [4.78, 5) is 9.82. The number of carbonyl (C=O) groups excluding carboxylic acids is 1. The molecule has 0 saturated carbocycles. The lowest BCUT2D eigenvalue weighted by Crippen LogP contribution is -1.95. The first-order chi connectivity index (χ1) is 46.5. The summed E-state index contributed by atoms with van der Waals surface area (Å²) in [6.07, 6.45) is 83.0. The summed E-state index contributed by atoms with van der Waals surface area (Å²) in [5.74, 6) is -0.211. The molecule has 0 aliphatic carbocycles. The minimum absolute atomic E-state index is 0.211. The van der Waals surface area contributed by atoms with E-state index in [1.807, 2.05) is 0 Å². The van der Waals surface area contributed by atoms with Crippen molar-refractivity contribution in [2.24, 2.45) is 0 Å². The molecule has 2 heteroatoms. The van der Waals surface area contributed by atoms with E-state index in [2.05, 4.69) is 212 Å². The van der Waals surface area contributed by atoms with Crippen molar-refractivity contribution < 1.29 is 9.53 Å². The van der Waals surface area contributed by atoms with E-state index in [1.54, 1.807) is 6.92 Å². The maximum absolute atomic E-state index is 9.82. The fourth-order valence-electron chi connectivity index (χ4n) is 7.70. The molecule has 606 valence electrons. The molecule has 0 fully saturated rings. The number of esters is 1. The highest BCUT2D eigenvalue weighted by atomic mass is 16.5. The molecule has 0 unspecified atom stereocenters. The maximum atomic E-state index is 9.82. The molecule has 0 spiro atoms. The molecular formula is C94H218O2. The van der Waals surface area contributed by atoms with Gasteiger partial charge in [0.25, 0.3) is 0 Å². The van der Waals surface area contributed by atoms with Gasteiger partial charge in [0, 0.05) is 6.92 Å². The summed E-state index contributed by atoms with van der Waals surface area (Å²) in [7, 11) is 0. The van der Waals surface area contributed by atoms with E-state index >= 15 is 0 Å². The van der Waals surface area contributed by atoms with Crippen molar-refractivity contribution in [3.05, 3.63) is 0 Å². The number of hydrogen-bond donors (Lipinski definition) is 0. The van der Waals surface area contributed by atoms with Crippen LogP contribution in [-0.4, -0.2) is 12.6 Å². The Labute approximate surface area is 625 Å². The SMILES string of the molecule is CCCCCC.CCCCCC.CCCCCC.CCCCCC.CCCCCC.CCCCCC.CCCCCC.CCCCCC.CCCCCC.CCCCCC.CCCCCC.CCCCCC.CCCCCC.CCCCCC.CCCCCC.CCOC(C)=O. The molecule has 2 nitrogen and oxygen atoms in total. The third-order valence-electron chi connectivity index (χ3n) is 14.7. The Kier molecular flexibility index (Phi) is 279. The van der Waals surface area contributed by atoms with Gasteiger partial charge in [0.05, 0.1) is 6.61 Å². The van der Waals surface area contributed by atoms with Crippen LogP contribution in [0, 0.1) is 0 Å². The van der Waals surface area contributed by atoms with Crippen LogP contribution >= 0.6 is 0 Å². The molecule has 96 heavy (non-hydrogen) atoms. The van der Waals surface area contributed by atoms with Crippen molar-refractivity contribution in [1.29, 1.82) is 0 Å². The average molecular weight is 1380 g/mol. The van der Waals surface area contributed by atoms with Gasteiger partial charge in [-0.25, -0.2) is 0 Å². The summed E-state index contributed by atoms with van der Waals surface area (Å²) in [6.45, 7) is 70.6. The van der Waals surface area contributed by atoms with E-state index in [0.717, 1.165) is 0 Å². The molecule has 0 bridgehead atoms. The predicted molar refractivity (Wildman–Crippen MR) is 470 cm³/mol. The molecule has 0 aliphatic rings. The molecule has 0 N–H and O–H groups in total. The van der Waals surface area contributed by atoms with Crippen LogP contribution in [0.4, 0.5) is 0 Å². The van der Waals surface area contributed by atoms with Crippen molar-refractivity contribution >= 4 is 5.97 Å². The second-order valence-electron chi connectivity index (χ2n) is 26.5. The molecule has 0 aromatic carbocycles. The van der Waals surface area contributed by atoms with Crippen LogP contribution in [-0.2, 0) is 9.53 Å². The number of unbranched alkanes of at least 4 members (excludes halogenated alkanes) is 45. The Morgan fingerprint density at radius 3 is 0.198 bits per heavy atom. The predicted octanol–water partition coefficient (Wildman–Crippen LogP) is 39.4. The van der Waals surface area contributed by atoms with Crippen LogP contribution < -0.4 is 0 Å². The Morgan fingerprint density at radius 1 is 0.135 bits per heavy atom. The first-order valence-corrected chi connectivity index (χ1v) is 45.6. The van der Waals surface area contributed by atoms with Gasteiger partial charge in [0.2, 0.25) is 0 Å². The molecule has 0 aliphatic heterocycles. The maximum Gasteiger partial charge on any atom is 0.302 e. The first kappa shape index (κ1) is 135. The van der Waals surface area contributed by atoms with Gasteiger partial charge in [-0.2, -0.15) is 0 Å². The van der Waals surface area contributed by atoms with Gasteiger partial charge in [0.1, 0.15) is 0 Å². The summed E-state index contributed by atoms with van der Waals surface area (Å²) < 4.78 is 4.40. The zero-order valence-electron chi connectivity index (χ0n) is 76.5. The third kappa shape index (κ3) is 355. The van der Waals surface area contributed by atoms with Gasteiger partial charge in [-0.05, 0) is 6.92 Å². The Morgan fingerprint density at radius 2 is 0.188 bits per heavy atom. The molecule has 0 atom stereocenters. The van der Waals surface area contributed by atoms with Gasteiger partial charge in [0.15, 0.2) is 0 Å². The van der Waals surface area contributed by atoms with E-state index < -0.39 is 0 Å². The average Bonchev–Trinajstić information content (AvgIpc) is 3.61. The summed E-state index contributed by atoms with van der Waals surface area (Å²) in [5.41, 5.74) is 0. The second kappa shape index (κ2) is 199. The lowest BCUT2D eigenvalue weighted by Gasteiger charge is -1.89. The summed E-state index contributed by atoms with van der Waals surface area (Å²) >= 11 is 0. The topological polar surface area (TPSA) is 26.3 Å². The van der Waals surface area contributed by atoms with Gasteiger partial charge in [-0.15, -0.1) is 0 Å². The number of hydrogen-bond acceptors (Lipinski definition) is 2. The normalized spacial score (nSPS) is 8.92. The first-order valence-electron chi connectivity index (χ1n) is 45.6. The fourth-order valence-corrected chi connectivity index (χ4v) is 7.70. The summed E-state index contributed by atoms with van der Waals surface area (Å²) in [6, 6.07) is 0. The van der Waals surface area contributed by atoms with Crippen molar-refractivity contribution in [2.75, 3.05) is 6.61 Å². The monoisotopic (exact) mass is 1380 g/mol. The highest BCUT2D eigenvalue weighted by molar-refractivity contribution is 5.65. The number of carbonyl (C=O) groups is 1. The van der Waals surface area contributed by atoms with Gasteiger partial charge >= 0.3 is 5.97 Å². The van der Waals surface area contributed by atoms with Crippen LogP contribution in [0.5, 0.6) is 0 Å². The van der Waals surface area contributed by atoms with Gasteiger partial charge in [-0.3, -0.25) is 4.79 Å². The zero-order chi connectivity index (χ0) is 77.4. The van der Waals surface area contributed by atoms with Gasteiger partial charge < -0.3 is 4.74 Å². The van der Waals surface area contributed by atoms with Crippen molar-refractivity contribution in [2.45, 2.75) is 607 Å². The number of rotatable bonds is 46. The Balaban J connectivity index is -0.0000000508. The standard InChI is InChI=1S/15C6H14.C4H8O2/c15*1-3-5-6-4-2;1-3-6-4(2)5/h15*3-6H2,1-2H3;3H2,1-2H3. The van der Waals surface area contributed by atoms with Crippen LogP contribution in [0.25, 0.3) is 0 Å². The summed E-state index contributed by atoms with van der Waals surface area (Å²) in [5, 5.41) is 0. The highest BCUT2D eigenvalue weighted by Gasteiger charge is 1.84. The smallest absolute Gasteiger partial charge is 0.302 e. The lowest BCUT2D eigenvalue weighted by atomic mass is 10.2. The Bertz CT molecular complexity index is 544. The molecule has 0 aromatic heterocycles. The van der Waals surface area contributed by atoms with E-state index in [0.29, 0.717) is 6.61 Å². The quantitative estimate of drug-likeness (QED) is 0.0449. The molecule has 0 amide bonds. The van der Waals surface area contributed by atoms with E-state index in [1.165, 1.54) is 392 Å². The second-order valence-corrected chi connectivity index (χ2v) is 26.5. The van der Waals surface area contributed by atoms with Gasteiger partial charge in [-0.1, -0.05) is 593 Å². The minimum Gasteiger partial charge on any atom is -0.466 e. The van der Waals surface area contributed by atoms with Crippen molar-refractivity contribution in [1.82, 2.24) is 0 Å². The minimum atomic E-state index is -0.211. The van der Waals surface area contributed by atoms with Crippen molar-refractivity contribution in [3.8, 4) is 0 Å². The molecule has 0 aromatic rings.